The zero-order chi connectivity index (χ0) is 21.0. The van der Waals surface area contributed by atoms with Gasteiger partial charge in [-0.15, -0.1) is 0 Å². The van der Waals surface area contributed by atoms with Gasteiger partial charge in [0.15, 0.2) is 0 Å². The van der Waals surface area contributed by atoms with Crippen LogP contribution < -0.4 is 5.32 Å². The van der Waals surface area contributed by atoms with E-state index in [1.807, 2.05) is 24.3 Å². The molecule has 29 heavy (non-hydrogen) atoms. The summed E-state index contributed by atoms with van der Waals surface area (Å²) in [6.07, 6.45) is 0.107. The molecule has 1 aromatic heterocycles. The summed E-state index contributed by atoms with van der Waals surface area (Å²) in [5.41, 5.74) is 1.43. The number of aryl methyl sites for hydroxylation is 1. The zero-order valence-corrected chi connectivity index (χ0v) is 15.9. The highest BCUT2D eigenvalue weighted by Crippen LogP contribution is 2.22. The molecule has 3 aromatic rings. The topological polar surface area (TPSA) is 111 Å². The molecule has 0 bridgehead atoms. The minimum absolute atomic E-state index is 0.0456. The monoisotopic (exact) mass is 398 g/mol. The van der Waals surface area contributed by atoms with Crippen molar-refractivity contribution in [1.82, 2.24) is 10.1 Å². The number of aromatic nitrogens is 2. The first kappa shape index (κ1) is 20.1. The molecule has 1 N–H and O–H groups in total. The van der Waals surface area contributed by atoms with Crippen molar-refractivity contribution >= 4 is 17.3 Å². The number of carbonyl (C=O) groups is 1. The standard InChI is InChI=1S/C20H19FN4O4/c1-12(2)13-3-5-14(6-4-13)20-23-19(29-24-20)10-9-18(26)22-17-11-15(25(27)28)7-8-16(17)21/h3-8,11-12H,9-10H2,1-2H3,(H,22,26). The SMILES string of the molecule is CC(C)c1ccc(-c2noc(CCC(=O)Nc3cc([N+](=O)[O-])ccc3F)n2)cc1. The van der Waals surface area contributed by atoms with E-state index >= 15 is 0 Å². The molecule has 0 aliphatic carbocycles. The number of amides is 1. The predicted molar refractivity (Wildman–Crippen MR) is 104 cm³/mol. The predicted octanol–water partition coefficient (Wildman–Crippen LogP) is 4.48. The Morgan fingerprint density at radius 3 is 2.62 bits per heavy atom. The van der Waals surface area contributed by atoms with Crippen LogP contribution in [0.25, 0.3) is 11.4 Å². The molecule has 150 valence electrons. The van der Waals surface area contributed by atoms with E-state index in [1.165, 1.54) is 5.56 Å². The van der Waals surface area contributed by atoms with Gasteiger partial charge in [0.1, 0.15) is 5.82 Å². The molecule has 0 aliphatic heterocycles. The first-order valence-electron chi connectivity index (χ1n) is 9.00. The van der Waals surface area contributed by atoms with Crippen LogP contribution in [0.5, 0.6) is 0 Å². The average molecular weight is 398 g/mol. The molecule has 0 saturated carbocycles. The quantitative estimate of drug-likeness (QED) is 0.464. The van der Waals surface area contributed by atoms with Crippen molar-refractivity contribution in [2.45, 2.75) is 32.6 Å². The van der Waals surface area contributed by atoms with Crippen LogP contribution in [-0.4, -0.2) is 21.0 Å². The lowest BCUT2D eigenvalue weighted by atomic mass is 10.0. The minimum Gasteiger partial charge on any atom is -0.339 e. The van der Waals surface area contributed by atoms with E-state index in [1.54, 1.807) is 0 Å². The van der Waals surface area contributed by atoms with Gasteiger partial charge in [-0.05, 0) is 17.5 Å². The molecule has 0 radical (unpaired) electrons. The van der Waals surface area contributed by atoms with Crippen LogP contribution >= 0.6 is 0 Å². The molecule has 0 aliphatic rings. The molecular formula is C20H19FN4O4. The first-order valence-corrected chi connectivity index (χ1v) is 9.00. The first-order chi connectivity index (χ1) is 13.8. The Labute approximate surface area is 165 Å². The number of benzene rings is 2. The van der Waals surface area contributed by atoms with Gasteiger partial charge in [0, 0.05) is 30.5 Å². The zero-order valence-electron chi connectivity index (χ0n) is 15.9. The fourth-order valence-corrected chi connectivity index (χ4v) is 2.65. The van der Waals surface area contributed by atoms with Crippen molar-refractivity contribution in [3.05, 3.63) is 69.9 Å². The van der Waals surface area contributed by atoms with Gasteiger partial charge in [-0.25, -0.2) is 4.39 Å². The molecule has 1 amide bonds. The maximum Gasteiger partial charge on any atom is 0.271 e. The number of non-ortho nitro benzene ring substituents is 1. The summed E-state index contributed by atoms with van der Waals surface area (Å²) in [4.78, 5) is 26.4. The summed E-state index contributed by atoms with van der Waals surface area (Å²) in [6.45, 7) is 4.21. The average Bonchev–Trinajstić information content (AvgIpc) is 3.17. The molecule has 8 nitrogen and oxygen atoms in total. The number of anilines is 1. The van der Waals surface area contributed by atoms with Crippen LogP contribution in [0.1, 0.15) is 37.6 Å². The van der Waals surface area contributed by atoms with Crippen molar-refractivity contribution in [3.8, 4) is 11.4 Å². The Morgan fingerprint density at radius 2 is 1.97 bits per heavy atom. The second-order valence-corrected chi connectivity index (χ2v) is 6.76. The van der Waals surface area contributed by atoms with Crippen LogP contribution in [0.15, 0.2) is 47.0 Å². The highest BCUT2D eigenvalue weighted by molar-refractivity contribution is 5.91. The maximum absolute atomic E-state index is 13.7. The molecule has 0 saturated heterocycles. The second-order valence-electron chi connectivity index (χ2n) is 6.76. The van der Waals surface area contributed by atoms with E-state index in [-0.39, 0.29) is 30.1 Å². The van der Waals surface area contributed by atoms with E-state index in [9.17, 15) is 19.3 Å². The van der Waals surface area contributed by atoms with E-state index in [0.29, 0.717) is 11.7 Å². The molecule has 3 rings (SSSR count). The summed E-state index contributed by atoms with van der Waals surface area (Å²) < 4.78 is 18.9. The minimum atomic E-state index is -0.756. The number of nitro benzene ring substituents is 1. The number of hydrogen-bond donors (Lipinski definition) is 1. The summed E-state index contributed by atoms with van der Waals surface area (Å²) >= 11 is 0. The molecule has 0 fully saturated rings. The van der Waals surface area contributed by atoms with Crippen LogP contribution in [0.4, 0.5) is 15.8 Å². The van der Waals surface area contributed by atoms with Gasteiger partial charge in [-0.3, -0.25) is 14.9 Å². The molecule has 9 heteroatoms. The summed E-state index contributed by atoms with van der Waals surface area (Å²) in [5, 5.41) is 17.0. The number of nitrogens with one attached hydrogen (secondary N) is 1. The summed E-state index contributed by atoms with van der Waals surface area (Å²) in [6, 6.07) is 10.7. The van der Waals surface area contributed by atoms with Crippen LogP contribution in [0.3, 0.4) is 0 Å². The second kappa shape index (κ2) is 8.59. The van der Waals surface area contributed by atoms with Gasteiger partial charge in [-0.1, -0.05) is 43.3 Å². The van der Waals surface area contributed by atoms with Gasteiger partial charge >= 0.3 is 0 Å². The lowest BCUT2D eigenvalue weighted by molar-refractivity contribution is -0.384. The lowest BCUT2D eigenvalue weighted by Crippen LogP contribution is -2.13. The van der Waals surface area contributed by atoms with Gasteiger partial charge < -0.3 is 9.84 Å². The third-order valence-electron chi connectivity index (χ3n) is 4.30. The van der Waals surface area contributed by atoms with Crippen molar-refractivity contribution in [1.29, 1.82) is 0 Å². The van der Waals surface area contributed by atoms with Crippen molar-refractivity contribution in [2.24, 2.45) is 0 Å². The van der Waals surface area contributed by atoms with Crippen LogP contribution in [0, 0.1) is 15.9 Å². The fraction of sp³-hybridized carbons (Fsp3) is 0.250. The molecule has 0 unspecified atom stereocenters. The lowest BCUT2D eigenvalue weighted by Gasteiger charge is -2.05. The number of rotatable bonds is 7. The largest absolute Gasteiger partial charge is 0.339 e. The number of hydrogen-bond acceptors (Lipinski definition) is 6. The Balaban J connectivity index is 1.60. The third kappa shape index (κ3) is 5.01. The van der Waals surface area contributed by atoms with Gasteiger partial charge in [-0.2, -0.15) is 4.98 Å². The molecular weight excluding hydrogens is 379 g/mol. The Hall–Kier alpha value is -3.62. The molecule has 0 atom stereocenters. The van der Waals surface area contributed by atoms with Crippen molar-refractivity contribution in [2.75, 3.05) is 5.32 Å². The Bertz CT molecular complexity index is 1030. The Morgan fingerprint density at radius 1 is 1.24 bits per heavy atom. The van der Waals surface area contributed by atoms with Crippen molar-refractivity contribution in [3.63, 3.8) is 0 Å². The smallest absolute Gasteiger partial charge is 0.271 e. The number of nitrogens with zero attached hydrogens (tertiary/aromatic N) is 3. The summed E-state index contributed by atoms with van der Waals surface area (Å²) in [5.74, 6) is -0.179. The van der Waals surface area contributed by atoms with E-state index in [4.69, 9.17) is 4.52 Å². The highest BCUT2D eigenvalue weighted by atomic mass is 19.1. The van der Waals surface area contributed by atoms with Gasteiger partial charge in [0.05, 0.1) is 10.6 Å². The van der Waals surface area contributed by atoms with E-state index in [2.05, 4.69) is 29.3 Å². The maximum atomic E-state index is 13.7. The summed E-state index contributed by atoms with van der Waals surface area (Å²) in [7, 11) is 0. The highest BCUT2D eigenvalue weighted by Gasteiger charge is 2.15. The van der Waals surface area contributed by atoms with Crippen molar-refractivity contribution < 1.29 is 18.6 Å². The van der Waals surface area contributed by atoms with Gasteiger partial charge in [0.25, 0.3) is 5.69 Å². The van der Waals surface area contributed by atoms with E-state index in [0.717, 1.165) is 23.8 Å². The third-order valence-corrected chi connectivity index (χ3v) is 4.30. The number of carbonyl (C=O) groups excluding carboxylic acids is 1. The molecule has 1 heterocycles. The normalized spacial score (nSPS) is 10.9. The molecule has 2 aromatic carbocycles. The van der Waals surface area contributed by atoms with Crippen LogP contribution in [0.2, 0.25) is 0 Å². The Kier molecular flexibility index (Phi) is 5.96. The number of halogens is 1. The molecule has 0 spiro atoms. The van der Waals surface area contributed by atoms with E-state index < -0.39 is 16.6 Å². The fourth-order valence-electron chi connectivity index (χ4n) is 2.65. The number of nitro groups is 1. The van der Waals surface area contributed by atoms with Crippen LogP contribution in [-0.2, 0) is 11.2 Å². The van der Waals surface area contributed by atoms with Gasteiger partial charge in [0.2, 0.25) is 17.6 Å².